The number of hydrogen-bond acceptors (Lipinski definition) is 7. The van der Waals surface area contributed by atoms with Gasteiger partial charge in [0.1, 0.15) is 23.5 Å². The summed E-state index contributed by atoms with van der Waals surface area (Å²) in [7, 11) is -4.29. The first-order valence-corrected chi connectivity index (χ1v) is 15.7. The number of alkyl halides is 1. The number of aromatic amines is 1. The Kier molecular flexibility index (Phi) is 6.58. The summed E-state index contributed by atoms with van der Waals surface area (Å²) >= 11 is 0. The van der Waals surface area contributed by atoms with E-state index in [1.165, 1.54) is 52.2 Å². The highest BCUT2D eigenvalue weighted by Crippen LogP contribution is 2.31. The zero-order valence-electron chi connectivity index (χ0n) is 24.4. The van der Waals surface area contributed by atoms with Gasteiger partial charge in [-0.2, -0.15) is 5.10 Å². The number of ketones is 1. The zero-order chi connectivity index (χ0) is 31.6. The van der Waals surface area contributed by atoms with E-state index in [1.54, 1.807) is 30.3 Å². The summed E-state index contributed by atoms with van der Waals surface area (Å²) in [6.45, 7) is 3.97. The van der Waals surface area contributed by atoms with Gasteiger partial charge >= 0.3 is 0 Å². The summed E-state index contributed by atoms with van der Waals surface area (Å²) in [4.78, 5) is 36.3. The third kappa shape index (κ3) is 4.75. The highest BCUT2D eigenvalue weighted by molar-refractivity contribution is 7.90. The second-order valence-electron chi connectivity index (χ2n) is 11.2. The number of nitrogens with zero attached hydrogens (tertiary/aromatic N) is 5. The number of likely N-dealkylation sites (tertiary alicyclic amines) is 1. The van der Waals surface area contributed by atoms with Crippen LogP contribution in [0.5, 0.6) is 0 Å². The van der Waals surface area contributed by atoms with E-state index in [0.717, 1.165) is 26.4 Å². The van der Waals surface area contributed by atoms with Gasteiger partial charge in [-0.05, 0) is 74.9 Å². The van der Waals surface area contributed by atoms with E-state index >= 15 is 0 Å². The molecule has 0 unspecified atom stereocenters. The molecule has 1 fully saturated rings. The van der Waals surface area contributed by atoms with Crippen molar-refractivity contribution in [3.8, 4) is 5.69 Å². The van der Waals surface area contributed by atoms with Gasteiger partial charge in [0, 0.05) is 17.5 Å². The molecule has 3 N–H and O–H groups in total. The summed E-state index contributed by atoms with van der Waals surface area (Å²) in [5, 5.41) is 4.69. The molecule has 45 heavy (non-hydrogen) atoms. The second kappa shape index (κ2) is 10.4. The van der Waals surface area contributed by atoms with Gasteiger partial charge < -0.3 is 15.6 Å². The number of H-pyrrole nitrogens is 1. The van der Waals surface area contributed by atoms with Crippen LogP contribution in [0.25, 0.3) is 27.6 Å². The van der Waals surface area contributed by atoms with Crippen LogP contribution in [0, 0.1) is 13.8 Å². The van der Waals surface area contributed by atoms with Crippen LogP contribution >= 0.6 is 0 Å². The first-order valence-electron chi connectivity index (χ1n) is 14.3. The molecule has 0 bridgehead atoms. The fraction of sp³-hybridized carbons (Fsp3) is 0.188. The number of aryl methyl sites for hydroxylation is 2. The predicted molar refractivity (Wildman–Crippen MR) is 167 cm³/mol. The molecule has 0 radical (unpaired) electrons. The van der Waals surface area contributed by atoms with E-state index in [9.17, 15) is 22.4 Å². The second-order valence-corrected chi connectivity index (χ2v) is 13.0. The van der Waals surface area contributed by atoms with E-state index in [-0.39, 0.29) is 51.9 Å². The Morgan fingerprint density at radius 1 is 1.02 bits per heavy atom. The summed E-state index contributed by atoms with van der Waals surface area (Å²) in [5.41, 5.74) is 9.72. The minimum atomic E-state index is -4.29. The number of aromatic nitrogens is 5. The molecule has 3 aromatic carbocycles. The van der Waals surface area contributed by atoms with Crippen LogP contribution in [0.4, 0.5) is 10.2 Å². The van der Waals surface area contributed by atoms with E-state index in [4.69, 9.17) is 5.73 Å². The molecule has 1 atom stereocenters. The Balaban J connectivity index is 1.35. The molecule has 1 aliphatic rings. The molecule has 11 nitrogen and oxygen atoms in total. The molecular formula is C32H28FN7O4S. The van der Waals surface area contributed by atoms with Crippen molar-refractivity contribution in [2.24, 2.45) is 0 Å². The lowest BCUT2D eigenvalue weighted by atomic mass is 10.1. The molecule has 228 valence electrons. The molecule has 1 saturated heterocycles. The molecule has 1 aliphatic heterocycles. The van der Waals surface area contributed by atoms with Crippen molar-refractivity contribution in [3.05, 3.63) is 101 Å². The fourth-order valence-corrected chi connectivity index (χ4v) is 7.28. The highest BCUT2D eigenvalue weighted by atomic mass is 32.2. The molecule has 6 aromatic rings. The van der Waals surface area contributed by atoms with E-state index < -0.39 is 22.0 Å². The minimum absolute atomic E-state index is 0.000395. The van der Waals surface area contributed by atoms with Crippen LogP contribution in [0.2, 0.25) is 0 Å². The number of fused-ring (bicyclic) bond motifs is 2. The quantitative estimate of drug-likeness (QED) is 0.258. The SMILES string of the molecule is Cc1ccc(S(=O)(=O)n2c(C(=O)c3cnn(-c4ccc5nc(C)[nH]c5c4)c3N)cc3cc(C(=O)N4CC[C@@H](F)C4)ccc32)cc1. The maximum atomic E-state index is 14.2. The molecule has 3 aromatic heterocycles. The number of anilines is 1. The number of nitrogen functional groups attached to an aromatic ring is 1. The monoisotopic (exact) mass is 625 g/mol. The van der Waals surface area contributed by atoms with Crippen molar-refractivity contribution in [3.63, 3.8) is 0 Å². The van der Waals surface area contributed by atoms with Crippen molar-refractivity contribution < 1.29 is 22.4 Å². The van der Waals surface area contributed by atoms with Gasteiger partial charge in [-0.15, -0.1) is 0 Å². The van der Waals surface area contributed by atoms with Gasteiger partial charge in [-0.1, -0.05) is 17.7 Å². The Hall–Kier alpha value is -5.30. The van der Waals surface area contributed by atoms with Crippen LogP contribution in [-0.2, 0) is 10.0 Å². The fourth-order valence-electron chi connectivity index (χ4n) is 5.77. The first-order chi connectivity index (χ1) is 21.5. The predicted octanol–water partition coefficient (Wildman–Crippen LogP) is 4.55. The topological polar surface area (TPSA) is 149 Å². The van der Waals surface area contributed by atoms with Crippen molar-refractivity contribution in [2.45, 2.75) is 31.3 Å². The number of halogens is 1. The molecule has 0 saturated carbocycles. The van der Waals surface area contributed by atoms with E-state index in [2.05, 4.69) is 15.1 Å². The number of rotatable bonds is 6. The Labute approximate surface area is 257 Å². The number of carbonyl (C=O) groups excluding carboxylic acids is 2. The van der Waals surface area contributed by atoms with Gasteiger partial charge in [0.25, 0.3) is 15.9 Å². The lowest BCUT2D eigenvalue weighted by Crippen LogP contribution is -2.28. The van der Waals surface area contributed by atoms with Gasteiger partial charge in [0.15, 0.2) is 0 Å². The lowest BCUT2D eigenvalue weighted by Gasteiger charge is -2.15. The van der Waals surface area contributed by atoms with Crippen molar-refractivity contribution in [1.82, 2.24) is 28.6 Å². The molecule has 0 aliphatic carbocycles. The summed E-state index contributed by atoms with van der Waals surface area (Å²) in [5.74, 6) is -0.275. The number of nitrogens with one attached hydrogen (secondary N) is 1. The van der Waals surface area contributed by atoms with Crippen molar-refractivity contribution >= 4 is 49.5 Å². The molecule has 0 spiro atoms. The maximum Gasteiger partial charge on any atom is 0.268 e. The molecular weight excluding hydrogens is 597 g/mol. The molecule has 1 amide bonds. The number of amides is 1. The zero-order valence-corrected chi connectivity index (χ0v) is 25.2. The molecule has 13 heteroatoms. The molecule has 4 heterocycles. The number of benzene rings is 3. The number of carbonyl (C=O) groups is 2. The number of nitrogens with two attached hydrogens (primary N) is 1. The highest BCUT2D eigenvalue weighted by Gasteiger charge is 2.31. The molecule has 7 rings (SSSR count). The third-order valence-corrected chi connectivity index (χ3v) is 9.84. The van der Waals surface area contributed by atoms with E-state index in [1.807, 2.05) is 13.8 Å². The Morgan fingerprint density at radius 3 is 2.53 bits per heavy atom. The van der Waals surface area contributed by atoms with Crippen molar-refractivity contribution in [2.75, 3.05) is 18.8 Å². The summed E-state index contributed by atoms with van der Waals surface area (Å²) in [6.07, 6.45) is 0.484. The lowest BCUT2D eigenvalue weighted by molar-refractivity contribution is 0.0782. The smallest absolute Gasteiger partial charge is 0.268 e. The maximum absolute atomic E-state index is 14.2. The Morgan fingerprint density at radius 2 is 1.80 bits per heavy atom. The number of imidazole rings is 1. The van der Waals surface area contributed by atoms with Crippen LogP contribution < -0.4 is 5.73 Å². The average Bonchev–Trinajstić information content (AvgIpc) is 3.80. The van der Waals surface area contributed by atoms with Crippen LogP contribution in [0.15, 0.2) is 77.8 Å². The standard InChI is InChI=1S/C32H28FN7O4S/c1-18-3-7-24(8-4-18)45(43,44)40-28-10-5-20(32(42)38-12-11-22(33)17-38)13-21(28)14-29(40)30(41)25-16-35-39(31(25)34)23-6-9-26-27(15-23)37-19(2)36-26/h3-10,13-16,22H,11-12,17,34H2,1-2H3,(H,36,37)/t22-/m1/s1. The van der Waals surface area contributed by atoms with Gasteiger partial charge in [0.05, 0.1) is 45.4 Å². The minimum Gasteiger partial charge on any atom is -0.383 e. The average molecular weight is 626 g/mol. The first kappa shape index (κ1) is 28.5. The normalized spacial score (nSPS) is 15.4. The summed E-state index contributed by atoms with van der Waals surface area (Å²) < 4.78 is 44.4. The van der Waals surface area contributed by atoms with Crippen LogP contribution in [0.3, 0.4) is 0 Å². The van der Waals surface area contributed by atoms with Crippen LogP contribution in [-0.4, -0.2) is 68.0 Å². The van der Waals surface area contributed by atoms with Gasteiger partial charge in [-0.25, -0.2) is 26.4 Å². The van der Waals surface area contributed by atoms with Crippen molar-refractivity contribution in [1.29, 1.82) is 0 Å². The largest absolute Gasteiger partial charge is 0.383 e. The van der Waals surface area contributed by atoms with Gasteiger partial charge in [0.2, 0.25) is 5.78 Å². The number of hydrogen-bond donors (Lipinski definition) is 2. The third-order valence-electron chi connectivity index (χ3n) is 8.09. The van der Waals surface area contributed by atoms with E-state index in [0.29, 0.717) is 17.6 Å². The van der Waals surface area contributed by atoms with Crippen LogP contribution in [0.1, 0.15) is 44.2 Å². The summed E-state index contributed by atoms with van der Waals surface area (Å²) in [6, 6.07) is 17.6. The Bertz CT molecular complexity index is 2270. The van der Waals surface area contributed by atoms with Gasteiger partial charge in [-0.3, -0.25) is 9.59 Å².